The van der Waals surface area contributed by atoms with Gasteiger partial charge in [0.1, 0.15) is 13.2 Å². The van der Waals surface area contributed by atoms with Gasteiger partial charge in [-0.2, -0.15) is 0 Å². The minimum atomic E-state index is -0.762. The van der Waals surface area contributed by atoms with E-state index in [4.69, 9.17) is 14.2 Å². The van der Waals surface area contributed by atoms with E-state index in [1.54, 1.807) is 0 Å². The largest absolute Gasteiger partial charge is 0.462 e. The van der Waals surface area contributed by atoms with Crippen molar-refractivity contribution in [2.45, 2.75) is 278 Å². The molecule has 0 radical (unpaired) electrons. The third kappa shape index (κ3) is 40.6. The lowest BCUT2D eigenvalue weighted by Gasteiger charge is -2.18. The Morgan fingerprint density at radius 3 is 0.929 bits per heavy atom. The molecule has 0 saturated heterocycles. The van der Waals surface area contributed by atoms with Crippen LogP contribution in [0.25, 0.3) is 0 Å². The summed E-state index contributed by atoms with van der Waals surface area (Å²) in [6.07, 6.45) is 42.3. The first-order chi connectivity index (χ1) is 27.3. The molecule has 3 atom stereocenters. The molecule has 56 heavy (non-hydrogen) atoms. The van der Waals surface area contributed by atoms with Crippen molar-refractivity contribution >= 4 is 17.9 Å². The second-order valence-electron chi connectivity index (χ2n) is 17.6. The highest BCUT2D eigenvalue weighted by atomic mass is 16.6. The van der Waals surface area contributed by atoms with Crippen LogP contribution in [-0.2, 0) is 28.6 Å². The highest BCUT2D eigenvalue weighted by molar-refractivity contribution is 5.71. The lowest BCUT2D eigenvalue weighted by molar-refractivity contribution is -0.167. The summed E-state index contributed by atoms with van der Waals surface area (Å²) < 4.78 is 16.8. The van der Waals surface area contributed by atoms with Crippen LogP contribution in [0.3, 0.4) is 0 Å². The van der Waals surface area contributed by atoms with Gasteiger partial charge in [-0.1, -0.05) is 234 Å². The van der Waals surface area contributed by atoms with Crippen LogP contribution in [0.1, 0.15) is 272 Å². The molecule has 0 aliphatic heterocycles. The molecule has 0 spiro atoms. The van der Waals surface area contributed by atoms with E-state index in [0.717, 1.165) is 69.6 Å². The van der Waals surface area contributed by atoms with Crippen molar-refractivity contribution in [1.82, 2.24) is 0 Å². The maximum absolute atomic E-state index is 12.8. The lowest BCUT2D eigenvalue weighted by Crippen LogP contribution is -2.30. The summed E-state index contributed by atoms with van der Waals surface area (Å²) >= 11 is 0. The average molecular weight is 793 g/mol. The standard InChI is InChI=1S/C50H96O6/c1-6-9-10-11-12-13-14-15-16-17-18-19-20-25-32-37-42-50(53)56-47(44-55-49(52)41-36-31-27-26-29-34-39-46(5)8-3)43-54-48(51)40-35-30-24-22-21-23-28-33-38-45(4)7-2/h45-47H,6-44H2,1-5H3/t45?,46?,47-/m1/s1. The van der Waals surface area contributed by atoms with E-state index in [1.807, 2.05) is 0 Å². The third-order valence-corrected chi connectivity index (χ3v) is 11.9. The molecule has 6 nitrogen and oxygen atoms in total. The normalized spacial score (nSPS) is 13.0. The van der Waals surface area contributed by atoms with Crippen LogP contribution in [0.15, 0.2) is 0 Å². The molecule has 2 unspecified atom stereocenters. The first kappa shape index (κ1) is 54.4. The second kappa shape index (κ2) is 43.0. The van der Waals surface area contributed by atoms with Crippen molar-refractivity contribution in [3.63, 3.8) is 0 Å². The molecule has 0 aromatic heterocycles. The summed E-state index contributed by atoms with van der Waals surface area (Å²) in [6, 6.07) is 0. The zero-order valence-corrected chi connectivity index (χ0v) is 38.3. The van der Waals surface area contributed by atoms with Crippen LogP contribution < -0.4 is 0 Å². The van der Waals surface area contributed by atoms with Gasteiger partial charge in [0.25, 0.3) is 0 Å². The molecule has 332 valence electrons. The van der Waals surface area contributed by atoms with Gasteiger partial charge in [-0.3, -0.25) is 14.4 Å². The molecule has 0 amide bonds. The molecule has 0 aliphatic rings. The van der Waals surface area contributed by atoms with Crippen molar-refractivity contribution < 1.29 is 28.6 Å². The predicted octanol–water partition coefficient (Wildman–Crippen LogP) is 15.8. The molecule has 0 aliphatic carbocycles. The minimum Gasteiger partial charge on any atom is -0.462 e. The van der Waals surface area contributed by atoms with Gasteiger partial charge in [0.05, 0.1) is 0 Å². The number of hydrogen-bond donors (Lipinski definition) is 0. The summed E-state index contributed by atoms with van der Waals surface area (Å²) in [7, 11) is 0. The van der Waals surface area contributed by atoms with E-state index in [2.05, 4.69) is 34.6 Å². The van der Waals surface area contributed by atoms with Crippen LogP contribution in [0, 0.1) is 11.8 Å². The summed E-state index contributed by atoms with van der Waals surface area (Å²) in [5.74, 6) is 0.806. The first-order valence-electron chi connectivity index (χ1n) is 24.8. The lowest BCUT2D eigenvalue weighted by atomic mass is 9.99. The molecule has 0 rings (SSSR count). The van der Waals surface area contributed by atoms with Crippen LogP contribution >= 0.6 is 0 Å². The Bertz CT molecular complexity index is 858. The highest BCUT2D eigenvalue weighted by Gasteiger charge is 2.19. The Kier molecular flexibility index (Phi) is 41.8. The second-order valence-corrected chi connectivity index (χ2v) is 17.6. The number of rotatable bonds is 44. The van der Waals surface area contributed by atoms with Gasteiger partial charge in [0.2, 0.25) is 0 Å². The number of unbranched alkanes of at least 4 members (excludes halogenated alkanes) is 27. The van der Waals surface area contributed by atoms with Crippen molar-refractivity contribution in [1.29, 1.82) is 0 Å². The Morgan fingerprint density at radius 1 is 0.357 bits per heavy atom. The first-order valence-corrected chi connectivity index (χ1v) is 24.8. The Balaban J connectivity index is 4.32. The van der Waals surface area contributed by atoms with Gasteiger partial charge < -0.3 is 14.2 Å². The highest BCUT2D eigenvalue weighted by Crippen LogP contribution is 2.18. The molecule has 0 aromatic rings. The molecular formula is C50H96O6. The number of ether oxygens (including phenoxy) is 3. The van der Waals surface area contributed by atoms with Crippen LogP contribution in [0.4, 0.5) is 0 Å². The quantitative estimate of drug-likeness (QED) is 0.0347. The SMILES string of the molecule is CCCCCCCCCCCCCCCCCCC(=O)O[C@H](COC(=O)CCCCCCCCCCC(C)CC)COC(=O)CCCCCCCCC(C)CC. The molecule has 0 heterocycles. The van der Waals surface area contributed by atoms with Crippen molar-refractivity contribution in [2.75, 3.05) is 13.2 Å². The zero-order valence-electron chi connectivity index (χ0n) is 38.3. The van der Waals surface area contributed by atoms with E-state index in [0.29, 0.717) is 19.3 Å². The minimum absolute atomic E-state index is 0.0654. The fraction of sp³-hybridized carbons (Fsp3) is 0.940. The van der Waals surface area contributed by atoms with Crippen LogP contribution in [0.2, 0.25) is 0 Å². The van der Waals surface area contributed by atoms with Crippen LogP contribution in [0.5, 0.6) is 0 Å². The van der Waals surface area contributed by atoms with Gasteiger partial charge in [0.15, 0.2) is 6.10 Å². The molecule has 0 bridgehead atoms. The summed E-state index contributed by atoms with van der Waals surface area (Å²) in [4.78, 5) is 37.8. The number of carbonyl (C=O) groups is 3. The van der Waals surface area contributed by atoms with E-state index in [9.17, 15) is 14.4 Å². The van der Waals surface area contributed by atoms with E-state index >= 15 is 0 Å². The smallest absolute Gasteiger partial charge is 0.306 e. The molecule has 0 aromatic carbocycles. The third-order valence-electron chi connectivity index (χ3n) is 11.9. The number of hydrogen-bond acceptors (Lipinski definition) is 6. The van der Waals surface area contributed by atoms with Gasteiger partial charge in [0, 0.05) is 19.3 Å². The van der Waals surface area contributed by atoms with Crippen molar-refractivity contribution in [2.24, 2.45) is 11.8 Å². The molecular weight excluding hydrogens is 697 g/mol. The van der Waals surface area contributed by atoms with Gasteiger partial charge in [-0.05, 0) is 31.1 Å². The van der Waals surface area contributed by atoms with E-state index < -0.39 is 6.10 Å². The van der Waals surface area contributed by atoms with Gasteiger partial charge in [-0.25, -0.2) is 0 Å². The monoisotopic (exact) mass is 793 g/mol. The Labute approximate surface area is 348 Å². The molecule has 6 heteroatoms. The average Bonchev–Trinajstić information content (AvgIpc) is 3.19. The zero-order chi connectivity index (χ0) is 41.2. The fourth-order valence-corrected chi connectivity index (χ4v) is 7.39. The summed E-state index contributed by atoms with van der Waals surface area (Å²) in [5, 5.41) is 0. The molecule has 0 N–H and O–H groups in total. The van der Waals surface area contributed by atoms with Crippen molar-refractivity contribution in [3.8, 4) is 0 Å². The number of carbonyl (C=O) groups excluding carboxylic acids is 3. The van der Waals surface area contributed by atoms with Gasteiger partial charge >= 0.3 is 17.9 Å². The van der Waals surface area contributed by atoms with Gasteiger partial charge in [-0.15, -0.1) is 0 Å². The topological polar surface area (TPSA) is 78.9 Å². The Morgan fingerprint density at radius 2 is 0.625 bits per heavy atom. The van der Waals surface area contributed by atoms with E-state index in [-0.39, 0.29) is 31.1 Å². The maximum atomic E-state index is 12.8. The Hall–Kier alpha value is -1.59. The van der Waals surface area contributed by atoms with E-state index in [1.165, 1.54) is 161 Å². The summed E-state index contributed by atoms with van der Waals surface area (Å²) in [5.41, 5.74) is 0. The maximum Gasteiger partial charge on any atom is 0.306 e. The predicted molar refractivity (Wildman–Crippen MR) is 238 cm³/mol. The fourth-order valence-electron chi connectivity index (χ4n) is 7.39. The number of esters is 3. The van der Waals surface area contributed by atoms with Crippen LogP contribution in [-0.4, -0.2) is 37.2 Å². The molecule has 0 fully saturated rings. The summed E-state index contributed by atoms with van der Waals surface area (Å²) in [6.45, 7) is 11.3. The van der Waals surface area contributed by atoms with Crippen molar-refractivity contribution in [3.05, 3.63) is 0 Å². The molecule has 0 saturated carbocycles.